The molecule has 1 heterocycles. The molecule has 0 radical (unpaired) electrons. The van der Waals surface area contributed by atoms with Gasteiger partial charge in [0.1, 0.15) is 11.5 Å². The Labute approximate surface area is 159 Å². The van der Waals surface area contributed by atoms with Crippen LogP contribution in [0.3, 0.4) is 0 Å². The molecule has 7 heteroatoms. The Morgan fingerprint density at radius 3 is 2.62 bits per heavy atom. The van der Waals surface area contributed by atoms with Crippen molar-refractivity contribution >= 4 is 17.3 Å². The first-order valence-electron chi connectivity index (χ1n) is 8.68. The van der Waals surface area contributed by atoms with Gasteiger partial charge in [0.25, 0.3) is 0 Å². The third-order valence-corrected chi connectivity index (χ3v) is 5.04. The van der Waals surface area contributed by atoms with Crippen molar-refractivity contribution < 1.29 is 9.47 Å². The Hall–Kier alpha value is -2.28. The summed E-state index contributed by atoms with van der Waals surface area (Å²) in [7, 11) is 3.33. The Kier molecular flexibility index (Phi) is 7.26. The van der Waals surface area contributed by atoms with Crippen LogP contribution in [0.25, 0.3) is 0 Å². The van der Waals surface area contributed by atoms with E-state index >= 15 is 0 Å². The van der Waals surface area contributed by atoms with Crippen LogP contribution in [0.4, 0.5) is 0 Å². The zero-order valence-corrected chi connectivity index (χ0v) is 17.2. The largest absolute Gasteiger partial charge is 0.497 e. The van der Waals surface area contributed by atoms with Gasteiger partial charge in [0.05, 0.1) is 37.5 Å². The van der Waals surface area contributed by atoms with E-state index in [1.807, 2.05) is 32.0 Å². The molecule has 2 rings (SSSR count). The molecule has 1 unspecified atom stereocenters. The maximum atomic E-state index is 5.49. The molecule has 0 aliphatic heterocycles. The third kappa shape index (κ3) is 5.11. The number of nitrogens with zero attached hydrogens (tertiary/aromatic N) is 2. The molecule has 26 heavy (non-hydrogen) atoms. The lowest BCUT2D eigenvalue weighted by Gasteiger charge is -2.20. The number of rotatable bonds is 7. The van der Waals surface area contributed by atoms with E-state index in [0.717, 1.165) is 40.3 Å². The van der Waals surface area contributed by atoms with E-state index in [0.29, 0.717) is 6.54 Å². The Morgan fingerprint density at radius 2 is 2.04 bits per heavy atom. The second kappa shape index (κ2) is 9.43. The summed E-state index contributed by atoms with van der Waals surface area (Å²) in [5.74, 6) is 2.37. The van der Waals surface area contributed by atoms with Crippen LogP contribution in [0, 0.1) is 13.8 Å². The summed E-state index contributed by atoms with van der Waals surface area (Å²) in [5.41, 5.74) is 2.07. The highest BCUT2D eigenvalue weighted by Gasteiger charge is 2.14. The van der Waals surface area contributed by atoms with Gasteiger partial charge in [0.15, 0.2) is 5.96 Å². The Morgan fingerprint density at radius 1 is 1.27 bits per heavy atom. The van der Waals surface area contributed by atoms with E-state index in [1.165, 1.54) is 4.88 Å². The van der Waals surface area contributed by atoms with Crippen molar-refractivity contribution in [2.75, 3.05) is 20.8 Å². The molecule has 1 aromatic heterocycles. The van der Waals surface area contributed by atoms with Gasteiger partial charge in [-0.15, -0.1) is 11.3 Å². The van der Waals surface area contributed by atoms with Gasteiger partial charge < -0.3 is 20.1 Å². The number of thiazole rings is 1. The second-order valence-corrected chi connectivity index (χ2v) is 7.20. The molecular formula is C19H28N4O2S. The molecule has 2 aromatic rings. The molecule has 0 fully saturated rings. The molecule has 0 saturated carbocycles. The van der Waals surface area contributed by atoms with Crippen LogP contribution in [0.1, 0.15) is 41.0 Å². The molecule has 1 aromatic carbocycles. The fourth-order valence-corrected chi connectivity index (χ4v) is 3.51. The van der Waals surface area contributed by atoms with Gasteiger partial charge in [-0.05, 0) is 45.9 Å². The third-order valence-electron chi connectivity index (χ3n) is 3.98. The second-order valence-electron chi connectivity index (χ2n) is 5.91. The van der Waals surface area contributed by atoms with E-state index in [2.05, 4.69) is 29.5 Å². The standard InChI is InChI=1S/C19H28N4O2S/c1-7-20-19(21-11-18-13(3)22-14(4)26-18)23-12(2)16-10-15(24-5)8-9-17(16)25-6/h8-10,12H,7,11H2,1-6H3,(H2,20,21,23). The number of hydrogen-bond donors (Lipinski definition) is 2. The fourth-order valence-electron chi connectivity index (χ4n) is 2.65. The number of aliphatic imine (C=N–C) groups is 1. The number of hydrogen-bond acceptors (Lipinski definition) is 5. The molecule has 0 bridgehead atoms. The molecule has 6 nitrogen and oxygen atoms in total. The normalized spacial score (nSPS) is 12.6. The van der Waals surface area contributed by atoms with Crippen molar-refractivity contribution in [3.63, 3.8) is 0 Å². The van der Waals surface area contributed by atoms with Crippen molar-refractivity contribution in [2.24, 2.45) is 4.99 Å². The zero-order chi connectivity index (χ0) is 19.1. The van der Waals surface area contributed by atoms with Crippen LogP contribution >= 0.6 is 11.3 Å². The van der Waals surface area contributed by atoms with E-state index < -0.39 is 0 Å². The molecule has 142 valence electrons. The number of aromatic nitrogens is 1. The first-order valence-corrected chi connectivity index (χ1v) is 9.49. The van der Waals surface area contributed by atoms with E-state index in [-0.39, 0.29) is 6.04 Å². The predicted molar refractivity (Wildman–Crippen MR) is 108 cm³/mol. The van der Waals surface area contributed by atoms with E-state index in [1.54, 1.807) is 25.6 Å². The molecule has 0 amide bonds. The number of ether oxygens (including phenoxy) is 2. The van der Waals surface area contributed by atoms with Gasteiger partial charge >= 0.3 is 0 Å². The molecule has 0 saturated heterocycles. The highest BCUT2D eigenvalue weighted by Crippen LogP contribution is 2.29. The van der Waals surface area contributed by atoms with Crippen LogP contribution in [-0.2, 0) is 6.54 Å². The van der Waals surface area contributed by atoms with Gasteiger partial charge in [-0.2, -0.15) is 0 Å². The van der Waals surface area contributed by atoms with Crippen molar-refractivity contribution in [1.29, 1.82) is 0 Å². The minimum absolute atomic E-state index is 0.00198. The first-order chi connectivity index (χ1) is 12.5. The zero-order valence-electron chi connectivity index (χ0n) is 16.3. The smallest absolute Gasteiger partial charge is 0.192 e. The lowest BCUT2D eigenvalue weighted by atomic mass is 10.1. The van der Waals surface area contributed by atoms with Gasteiger partial charge in [0.2, 0.25) is 0 Å². The van der Waals surface area contributed by atoms with Gasteiger partial charge in [-0.3, -0.25) is 0 Å². The van der Waals surface area contributed by atoms with Crippen molar-refractivity contribution in [3.05, 3.63) is 39.3 Å². The minimum Gasteiger partial charge on any atom is -0.497 e. The minimum atomic E-state index is 0.00198. The topological polar surface area (TPSA) is 67.8 Å². The predicted octanol–water partition coefficient (Wildman–Crippen LogP) is 3.59. The molecule has 2 N–H and O–H groups in total. The van der Waals surface area contributed by atoms with E-state index in [4.69, 9.17) is 14.5 Å². The molecule has 0 spiro atoms. The lowest BCUT2D eigenvalue weighted by Crippen LogP contribution is -2.38. The fraction of sp³-hybridized carbons (Fsp3) is 0.474. The first kappa shape index (κ1) is 20.0. The Bertz CT molecular complexity index is 758. The highest BCUT2D eigenvalue weighted by atomic mass is 32.1. The SMILES string of the molecule is CCNC(=NCc1sc(C)nc1C)NC(C)c1cc(OC)ccc1OC. The van der Waals surface area contributed by atoms with Crippen LogP contribution in [0.2, 0.25) is 0 Å². The van der Waals surface area contributed by atoms with Gasteiger partial charge in [0, 0.05) is 17.0 Å². The summed E-state index contributed by atoms with van der Waals surface area (Å²) >= 11 is 1.69. The van der Waals surface area contributed by atoms with Gasteiger partial charge in [-0.1, -0.05) is 0 Å². The van der Waals surface area contributed by atoms with Crippen LogP contribution in [0.15, 0.2) is 23.2 Å². The monoisotopic (exact) mass is 376 g/mol. The molecule has 0 aliphatic rings. The molecular weight excluding hydrogens is 348 g/mol. The maximum absolute atomic E-state index is 5.49. The van der Waals surface area contributed by atoms with Crippen LogP contribution in [0.5, 0.6) is 11.5 Å². The number of methoxy groups -OCH3 is 2. The summed E-state index contributed by atoms with van der Waals surface area (Å²) < 4.78 is 10.8. The maximum Gasteiger partial charge on any atom is 0.192 e. The molecule has 1 atom stereocenters. The van der Waals surface area contributed by atoms with Crippen molar-refractivity contribution in [1.82, 2.24) is 15.6 Å². The van der Waals surface area contributed by atoms with Gasteiger partial charge in [-0.25, -0.2) is 9.98 Å². The summed E-state index contributed by atoms with van der Waals surface area (Å²) in [5, 5.41) is 7.81. The summed E-state index contributed by atoms with van der Waals surface area (Å²) in [4.78, 5) is 10.4. The Balaban J connectivity index is 2.18. The average Bonchev–Trinajstić information content (AvgIpc) is 2.96. The van der Waals surface area contributed by atoms with Crippen molar-refractivity contribution in [2.45, 2.75) is 40.3 Å². The number of guanidine groups is 1. The average molecular weight is 377 g/mol. The summed E-state index contributed by atoms with van der Waals surface area (Å²) in [6.07, 6.45) is 0. The summed E-state index contributed by atoms with van der Waals surface area (Å²) in [6, 6.07) is 5.79. The quantitative estimate of drug-likeness (QED) is 0.571. The summed E-state index contributed by atoms with van der Waals surface area (Å²) in [6.45, 7) is 9.56. The van der Waals surface area contributed by atoms with Crippen molar-refractivity contribution in [3.8, 4) is 11.5 Å². The number of benzene rings is 1. The van der Waals surface area contributed by atoms with Crippen LogP contribution < -0.4 is 20.1 Å². The number of aryl methyl sites for hydroxylation is 2. The number of nitrogens with one attached hydrogen (secondary N) is 2. The highest BCUT2D eigenvalue weighted by molar-refractivity contribution is 7.11. The lowest BCUT2D eigenvalue weighted by molar-refractivity contribution is 0.394. The van der Waals surface area contributed by atoms with E-state index in [9.17, 15) is 0 Å². The van der Waals surface area contributed by atoms with Crippen LogP contribution in [-0.4, -0.2) is 31.7 Å². The molecule has 0 aliphatic carbocycles.